The van der Waals surface area contributed by atoms with E-state index in [4.69, 9.17) is 14.7 Å². The second-order valence-corrected chi connectivity index (χ2v) is 7.63. The van der Waals surface area contributed by atoms with Crippen molar-refractivity contribution in [1.29, 1.82) is 0 Å². The molecule has 3 heterocycles. The molecule has 2 N–H and O–H groups in total. The smallest absolute Gasteiger partial charge is 0.253 e. The van der Waals surface area contributed by atoms with Gasteiger partial charge in [0.05, 0.1) is 12.6 Å². The lowest BCUT2D eigenvalue weighted by Crippen LogP contribution is -2.48. The van der Waals surface area contributed by atoms with E-state index in [0.29, 0.717) is 48.3 Å². The number of benzene rings is 2. The van der Waals surface area contributed by atoms with Crippen molar-refractivity contribution < 1.29 is 13.7 Å². The van der Waals surface area contributed by atoms with Gasteiger partial charge < -0.3 is 14.7 Å². The molecule has 1 aliphatic rings. The minimum Gasteiger partial charge on any atom is -0.419 e. The number of hydrogen-bond acceptors (Lipinski definition) is 7. The molecule has 2 aromatic heterocycles. The Bertz CT molecular complexity index is 1230. The number of aromatic nitrogens is 3. The SMILES string of the molecule is Cc1onc(-c2ccccc2)c1-c1nnc(CN2Cc3ccccc3C[C@@H]2C(N)=O)o1. The number of hydrogen-bond donors (Lipinski definition) is 1. The molecule has 0 unspecified atom stereocenters. The molecule has 0 spiro atoms. The van der Waals surface area contributed by atoms with Crippen LogP contribution in [-0.4, -0.2) is 32.2 Å². The number of nitrogens with two attached hydrogens (primary N) is 1. The van der Waals surface area contributed by atoms with Gasteiger partial charge >= 0.3 is 0 Å². The summed E-state index contributed by atoms with van der Waals surface area (Å²) in [6, 6.07) is 17.3. The van der Waals surface area contributed by atoms with Crippen molar-refractivity contribution in [2.75, 3.05) is 0 Å². The summed E-state index contributed by atoms with van der Waals surface area (Å²) in [6.07, 6.45) is 0.565. The second kappa shape index (κ2) is 7.81. The van der Waals surface area contributed by atoms with Gasteiger partial charge in [0.15, 0.2) is 0 Å². The van der Waals surface area contributed by atoms with E-state index in [-0.39, 0.29) is 5.91 Å². The van der Waals surface area contributed by atoms with Crippen molar-refractivity contribution in [2.24, 2.45) is 5.73 Å². The summed E-state index contributed by atoms with van der Waals surface area (Å²) in [5.41, 5.74) is 10.2. The zero-order valence-corrected chi connectivity index (χ0v) is 17.0. The molecule has 0 radical (unpaired) electrons. The Labute approximate surface area is 178 Å². The van der Waals surface area contributed by atoms with Gasteiger partial charge in [-0.3, -0.25) is 9.69 Å². The van der Waals surface area contributed by atoms with Gasteiger partial charge in [0.25, 0.3) is 5.89 Å². The van der Waals surface area contributed by atoms with Crippen molar-refractivity contribution >= 4 is 5.91 Å². The van der Waals surface area contributed by atoms with Crippen LogP contribution in [0.3, 0.4) is 0 Å². The van der Waals surface area contributed by atoms with Gasteiger partial charge in [0.2, 0.25) is 11.8 Å². The predicted octanol–water partition coefficient (Wildman–Crippen LogP) is 3.11. The van der Waals surface area contributed by atoms with Crippen molar-refractivity contribution in [3.63, 3.8) is 0 Å². The number of primary amides is 1. The number of aryl methyl sites for hydroxylation is 1. The van der Waals surface area contributed by atoms with Crippen LogP contribution in [0.5, 0.6) is 0 Å². The Balaban J connectivity index is 1.43. The molecule has 0 fully saturated rings. The monoisotopic (exact) mass is 415 g/mol. The highest BCUT2D eigenvalue weighted by Crippen LogP contribution is 2.34. The molecular weight excluding hydrogens is 394 g/mol. The van der Waals surface area contributed by atoms with E-state index in [1.54, 1.807) is 0 Å². The summed E-state index contributed by atoms with van der Waals surface area (Å²) < 4.78 is 11.4. The number of nitrogens with zero attached hydrogens (tertiary/aromatic N) is 4. The third-order valence-electron chi connectivity index (χ3n) is 5.60. The normalized spacial score (nSPS) is 16.2. The van der Waals surface area contributed by atoms with Crippen molar-refractivity contribution in [2.45, 2.75) is 32.5 Å². The highest BCUT2D eigenvalue weighted by Gasteiger charge is 2.31. The molecule has 4 aromatic rings. The summed E-state index contributed by atoms with van der Waals surface area (Å²) in [5.74, 6) is 0.965. The third kappa shape index (κ3) is 3.62. The van der Waals surface area contributed by atoms with Crippen LogP contribution >= 0.6 is 0 Å². The molecule has 8 heteroatoms. The molecule has 0 bridgehead atoms. The average Bonchev–Trinajstić information content (AvgIpc) is 3.39. The highest BCUT2D eigenvalue weighted by molar-refractivity contribution is 5.80. The largest absolute Gasteiger partial charge is 0.419 e. The Morgan fingerprint density at radius 2 is 1.84 bits per heavy atom. The quantitative estimate of drug-likeness (QED) is 0.533. The fourth-order valence-electron chi connectivity index (χ4n) is 4.03. The molecule has 31 heavy (non-hydrogen) atoms. The van der Waals surface area contributed by atoms with Gasteiger partial charge in [-0.1, -0.05) is 59.8 Å². The third-order valence-corrected chi connectivity index (χ3v) is 5.60. The summed E-state index contributed by atoms with van der Waals surface area (Å²) in [6.45, 7) is 2.71. The van der Waals surface area contributed by atoms with Crippen LogP contribution in [0.25, 0.3) is 22.7 Å². The number of carbonyl (C=O) groups is 1. The Kier molecular flexibility index (Phi) is 4.83. The maximum atomic E-state index is 12.1. The van der Waals surface area contributed by atoms with E-state index in [1.165, 1.54) is 5.56 Å². The topological polar surface area (TPSA) is 111 Å². The van der Waals surface area contributed by atoms with Crippen LogP contribution in [0.1, 0.15) is 22.8 Å². The number of fused-ring (bicyclic) bond motifs is 1. The van der Waals surface area contributed by atoms with Crippen molar-refractivity contribution in [3.05, 3.63) is 77.4 Å². The molecule has 156 valence electrons. The average molecular weight is 415 g/mol. The Morgan fingerprint density at radius 3 is 2.61 bits per heavy atom. The van der Waals surface area contributed by atoms with E-state index in [9.17, 15) is 4.79 Å². The second-order valence-electron chi connectivity index (χ2n) is 7.63. The first-order valence-corrected chi connectivity index (χ1v) is 10.0. The van der Waals surface area contributed by atoms with Crippen molar-refractivity contribution in [3.8, 4) is 22.7 Å². The van der Waals surface area contributed by atoms with Crippen LogP contribution in [0.2, 0.25) is 0 Å². The summed E-state index contributed by atoms with van der Waals surface area (Å²) in [4.78, 5) is 14.1. The van der Waals surface area contributed by atoms with Crippen molar-refractivity contribution in [1.82, 2.24) is 20.3 Å². The lowest BCUT2D eigenvalue weighted by molar-refractivity contribution is -0.124. The van der Waals surface area contributed by atoms with Crippen LogP contribution in [0.4, 0.5) is 0 Å². The predicted molar refractivity (Wildman–Crippen MR) is 112 cm³/mol. The molecule has 0 aliphatic carbocycles. The molecule has 8 nitrogen and oxygen atoms in total. The minimum absolute atomic E-state index is 0.319. The summed E-state index contributed by atoms with van der Waals surface area (Å²) in [7, 11) is 0. The van der Waals surface area contributed by atoms with E-state index in [0.717, 1.165) is 11.1 Å². The van der Waals surface area contributed by atoms with Gasteiger partial charge in [-0.2, -0.15) is 0 Å². The van der Waals surface area contributed by atoms with Gasteiger partial charge in [-0.15, -0.1) is 10.2 Å². The Morgan fingerprint density at radius 1 is 1.10 bits per heavy atom. The standard InChI is InChI=1S/C23H21N5O3/c1-14-20(21(27-31-14)15-7-3-2-4-8-15)23-26-25-19(30-23)13-28-12-17-10-6-5-9-16(17)11-18(28)22(24)29/h2-10,18H,11-13H2,1H3,(H2,24,29)/t18-/m1/s1. The van der Waals surface area contributed by atoms with E-state index in [1.807, 2.05) is 60.4 Å². The van der Waals surface area contributed by atoms with Gasteiger partial charge in [0.1, 0.15) is 17.0 Å². The number of amides is 1. The zero-order chi connectivity index (χ0) is 21.4. The molecule has 5 rings (SSSR count). The lowest BCUT2D eigenvalue weighted by Gasteiger charge is -2.33. The first kappa shape index (κ1) is 19.2. The van der Waals surface area contributed by atoms with Crippen LogP contribution < -0.4 is 5.73 Å². The Hall–Kier alpha value is -3.78. The molecule has 1 aliphatic heterocycles. The fourth-order valence-corrected chi connectivity index (χ4v) is 4.03. The van der Waals surface area contributed by atoms with Crippen LogP contribution in [0, 0.1) is 6.92 Å². The number of carbonyl (C=O) groups excluding carboxylic acids is 1. The minimum atomic E-state index is -0.428. The summed E-state index contributed by atoms with van der Waals surface area (Å²) in [5, 5.41) is 12.6. The van der Waals surface area contributed by atoms with E-state index >= 15 is 0 Å². The first-order chi connectivity index (χ1) is 15.1. The number of rotatable bonds is 5. The molecule has 2 aromatic carbocycles. The molecular formula is C23H21N5O3. The molecule has 1 amide bonds. The lowest BCUT2D eigenvalue weighted by atomic mass is 9.93. The molecule has 1 atom stereocenters. The van der Waals surface area contributed by atoms with E-state index in [2.05, 4.69) is 21.4 Å². The first-order valence-electron chi connectivity index (χ1n) is 10.0. The van der Waals surface area contributed by atoms with Crippen LogP contribution in [-0.2, 0) is 24.3 Å². The maximum Gasteiger partial charge on any atom is 0.253 e. The highest BCUT2D eigenvalue weighted by atomic mass is 16.5. The zero-order valence-electron chi connectivity index (χ0n) is 17.0. The molecule has 0 saturated carbocycles. The maximum absolute atomic E-state index is 12.1. The van der Waals surface area contributed by atoms with Gasteiger partial charge in [-0.05, 0) is 24.5 Å². The van der Waals surface area contributed by atoms with E-state index < -0.39 is 6.04 Å². The summed E-state index contributed by atoms with van der Waals surface area (Å²) >= 11 is 0. The van der Waals surface area contributed by atoms with Gasteiger partial charge in [0, 0.05) is 12.1 Å². The molecule has 0 saturated heterocycles. The fraction of sp³-hybridized carbons (Fsp3) is 0.217. The van der Waals surface area contributed by atoms with Crippen LogP contribution in [0.15, 0.2) is 63.5 Å². The van der Waals surface area contributed by atoms with Gasteiger partial charge in [-0.25, -0.2) is 0 Å².